The van der Waals surface area contributed by atoms with Crippen molar-refractivity contribution in [3.63, 3.8) is 0 Å². The molecule has 2 aromatic carbocycles. The minimum atomic E-state index is -0.264. The molecule has 0 saturated heterocycles. The van der Waals surface area contributed by atoms with Gasteiger partial charge < -0.3 is 16.4 Å². The minimum Gasteiger partial charge on any atom is -0.396 e. The zero-order chi connectivity index (χ0) is 20.6. The molecule has 0 aliphatic heterocycles. The van der Waals surface area contributed by atoms with Crippen molar-refractivity contribution >= 4 is 29.3 Å². The molecule has 0 saturated carbocycles. The van der Waals surface area contributed by atoms with Crippen LogP contribution in [0.15, 0.2) is 73.1 Å². The Morgan fingerprint density at radius 1 is 1.03 bits per heavy atom. The maximum absolute atomic E-state index is 12.3. The quantitative estimate of drug-likeness (QED) is 0.564. The molecule has 0 spiro atoms. The Morgan fingerprint density at radius 3 is 2.45 bits per heavy atom. The molecule has 6 nitrogen and oxygen atoms in total. The van der Waals surface area contributed by atoms with Gasteiger partial charge in [-0.05, 0) is 42.3 Å². The molecule has 6 heteroatoms. The van der Waals surface area contributed by atoms with Gasteiger partial charge >= 0.3 is 0 Å². The van der Waals surface area contributed by atoms with Crippen LogP contribution >= 0.6 is 0 Å². The summed E-state index contributed by atoms with van der Waals surface area (Å²) < 4.78 is 0. The maximum atomic E-state index is 12.3. The summed E-state index contributed by atoms with van der Waals surface area (Å²) in [5, 5.41) is 5.58. The number of anilines is 2. The number of pyridine rings is 1. The van der Waals surface area contributed by atoms with Crippen molar-refractivity contribution < 1.29 is 9.59 Å². The van der Waals surface area contributed by atoms with Crippen LogP contribution in [0, 0.1) is 6.92 Å². The van der Waals surface area contributed by atoms with Crippen LogP contribution in [0.5, 0.6) is 0 Å². The van der Waals surface area contributed by atoms with E-state index in [0.717, 1.165) is 11.1 Å². The molecule has 0 unspecified atom stereocenters. The highest BCUT2D eigenvalue weighted by Gasteiger charge is 2.08. The Morgan fingerprint density at radius 2 is 1.76 bits per heavy atom. The van der Waals surface area contributed by atoms with Crippen molar-refractivity contribution in [2.24, 2.45) is 0 Å². The molecule has 2 amide bonds. The number of aryl methyl sites for hydroxylation is 1. The third-order valence-corrected chi connectivity index (χ3v) is 4.29. The molecular formula is C23H22N4O2. The van der Waals surface area contributed by atoms with E-state index in [4.69, 9.17) is 5.73 Å². The zero-order valence-electron chi connectivity index (χ0n) is 16.1. The molecule has 0 bridgehead atoms. The van der Waals surface area contributed by atoms with Gasteiger partial charge in [0.2, 0.25) is 5.91 Å². The van der Waals surface area contributed by atoms with Crippen LogP contribution in [0.25, 0.3) is 6.08 Å². The Bertz CT molecular complexity index is 1030. The number of nitrogens with zero attached hydrogens (tertiary/aromatic N) is 1. The number of aromatic nitrogens is 1. The van der Waals surface area contributed by atoms with Crippen molar-refractivity contribution in [2.45, 2.75) is 13.5 Å². The van der Waals surface area contributed by atoms with Gasteiger partial charge in [-0.25, -0.2) is 0 Å². The number of amides is 2. The summed E-state index contributed by atoms with van der Waals surface area (Å²) in [6.45, 7) is 2.39. The van der Waals surface area contributed by atoms with Gasteiger partial charge in [-0.1, -0.05) is 42.0 Å². The summed E-state index contributed by atoms with van der Waals surface area (Å²) in [7, 11) is 0. The Kier molecular flexibility index (Phi) is 6.37. The molecule has 0 aliphatic carbocycles. The third kappa shape index (κ3) is 5.77. The normalized spacial score (nSPS) is 10.7. The van der Waals surface area contributed by atoms with Crippen LogP contribution in [0.2, 0.25) is 0 Å². The van der Waals surface area contributed by atoms with Crippen LogP contribution in [0.1, 0.15) is 27.0 Å². The van der Waals surface area contributed by atoms with Crippen LogP contribution < -0.4 is 16.4 Å². The number of rotatable bonds is 6. The van der Waals surface area contributed by atoms with Gasteiger partial charge in [0, 0.05) is 24.4 Å². The van der Waals surface area contributed by atoms with Gasteiger partial charge in [0.15, 0.2) is 0 Å². The minimum absolute atomic E-state index is 0.180. The molecule has 0 fully saturated rings. The first kappa shape index (κ1) is 19.8. The fraction of sp³-hybridized carbons (Fsp3) is 0.0870. The Balaban J connectivity index is 1.52. The van der Waals surface area contributed by atoms with E-state index in [-0.39, 0.29) is 11.8 Å². The van der Waals surface area contributed by atoms with E-state index in [0.29, 0.717) is 23.5 Å². The molecule has 3 aromatic rings. The number of carbonyl (C=O) groups excluding carboxylic acids is 2. The maximum Gasteiger partial charge on any atom is 0.255 e. The van der Waals surface area contributed by atoms with E-state index in [1.807, 2.05) is 31.2 Å². The average Bonchev–Trinajstić information content (AvgIpc) is 2.74. The lowest BCUT2D eigenvalue weighted by Gasteiger charge is -2.08. The van der Waals surface area contributed by atoms with Gasteiger partial charge in [0.25, 0.3) is 5.91 Å². The first-order valence-corrected chi connectivity index (χ1v) is 9.13. The third-order valence-electron chi connectivity index (χ3n) is 4.29. The fourth-order valence-corrected chi connectivity index (χ4v) is 2.59. The summed E-state index contributed by atoms with van der Waals surface area (Å²) in [6.07, 6.45) is 6.32. The molecule has 0 atom stereocenters. The molecule has 3 rings (SSSR count). The second-order valence-corrected chi connectivity index (χ2v) is 6.58. The highest BCUT2D eigenvalue weighted by molar-refractivity contribution is 6.05. The SMILES string of the molecule is Cc1ccc(/C=C/C(=O)NCc2ccc(C(=O)Nc3ccncc3N)cc2)cc1. The van der Waals surface area contributed by atoms with Crippen molar-refractivity contribution in [1.29, 1.82) is 0 Å². The number of hydrogen-bond donors (Lipinski definition) is 3. The summed E-state index contributed by atoms with van der Waals surface area (Å²) in [5.41, 5.74) is 10.2. The number of nitrogens with one attached hydrogen (secondary N) is 2. The highest BCUT2D eigenvalue weighted by atomic mass is 16.2. The van der Waals surface area contributed by atoms with Crippen molar-refractivity contribution in [3.05, 3.63) is 95.3 Å². The van der Waals surface area contributed by atoms with Crippen LogP contribution in [0.4, 0.5) is 11.4 Å². The first-order valence-electron chi connectivity index (χ1n) is 9.13. The number of hydrogen-bond acceptors (Lipinski definition) is 4. The van der Waals surface area contributed by atoms with E-state index in [9.17, 15) is 9.59 Å². The second kappa shape index (κ2) is 9.32. The number of carbonyl (C=O) groups is 2. The van der Waals surface area contributed by atoms with Gasteiger partial charge in [-0.3, -0.25) is 14.6 Å². The van der Waals surface area contributed by atoms with Crippen molar-refractivity contribution in [1.82, 2.24) is 10.3 Å². The predicted octanol–water partition coefficient (Wildman–Crippen LogP) is 3.55. The van der Waals surface area contributed by atoms with E-state index in [2.05, 4.69) is 15.6 Å². The molecular weight excluding hydrogens is 364 g/mol. The summed E-state index contributed by atoms with van der Waals surface area (Å²) >= 11 is 0. The van der Waals surface area contributed by atoms with E-state index >= 15 is 0 Å². The molecule has 29 heavy (non-hydrogen) atoms. The van der Waals surface area contributed by atoms with Crippen molar-refractivity contribution in [2.75, 3.05) is 11.1 Å². The fourth-order valence-electron chi connectivity index (χ4n) is 2.59. The topological polar surface area (TPSA) is 97.1 Å². The smallest absolute Gasteiger partial charge is 0.255 e. The lowest BCUT2D eigenvalue weighted by Crippen LogP contribution is -2.20. The zero-order valence-corrected chi connectivity index (χ0v) is 16.1. The van der Waals surface area contributed by atoms with Crippen LogP contribution in [-0.4, -0.2) is 16.8 Å². The van der Waals surface area contributed by atoms with E-state index in [1.165, 1.54) is 17.8 Å². The Labute approximate surface area is 169 Å². The molecule has 146 valence electrons. The molecule has 1 aromatic heterocycles. The first-order chi connectivity index (χ1) is 14.0. The summed E-state index contributed by atoms with van der Waals surface area (Å²) in [6, 6.07) is 16.6. The monoisotopic (exact) mass is 386 g/mol. The highest BCUT2D eigenvalue weighted by Crippen LogP contribution is 2.16. The van der Waals surface area contributed by atoms with Gasteiger partial charge in [-0.2, -0.15) is 0 Å². The van der Waals surface area contributed by atoms with Gasteiger partial charge in [-0.15, -0.1) is 0 Å². The van der Waals surface area contributed by atoms with Gasteiger partial charge in [0.1, 0.15) is 0 Å². The lowest BCUT2D eigenvalue weighted by molar-refractivity contribution is -0.116. The summed E-state index contributed by atoms with van der Waals surface area (Å²) in [5.74, 6) is -0.444. The number of benzene rings is 2. The van der Waals surface area contributed by atoms with E-state index < -0.39 is 0 Å². The predicted molar refractivity (Wildman–Crippen MR) is 115 cm³/mol. The average molecular weight is 386 g/mol. The van der Waals surface area contributed by atoms with Crippen LogP contribution in [-0.2, 0) is 11.3 Å². The summed E-state index contributed by atoms with van der Waals surface area (Å²) in [4.78, 5) is 28.2. The lowest BCUT2D eigenvalue weighted by atomic mass is 10.1. The molecule has 0 radical (unpaired) electrons. The second-order valence-electron chi connectivity index (χ2n) is 6.58. The molecule has 4 N–H and O–H groups in total. The standard InChI is InChI=1S/C23H22N4O2/c1-16-2-4-17(5-3-16)8-11-22(28)26-14-18-6-9-19(10-7-18)23(29)27-21-12-13-25-15-20(21)24/h2-13,15H,14,24H2,1H3,(H,26,28)(H,25,27,29)/b11-8+. The Hall–Kier alpha value is -3.93. The largest absolute Gasteiger partial charge is 0.396 e. The molecule has 1 heterocycles. The number of nitrogen functional groups attached to an aromatic ring is 1. The van der Waals surface area contributed by atoms with Gasteiger partial charge in [0.05, 0.1) is 17.6 Å². The molecule has 0 aliphatic rings. The number of nitrogens with two attached hydrogens (primary N) is 1. The van der Waals surface area contributed by atoms with Crippen LogP contribution in [0.3, 0.4) is 0 Å². The van der Waals surface area contributed by atoms with Crippen molar-refractivity contribution in [3.8, 4) is 0 Å². The van der Waals surface area contributed by atoms with E-state index in [1.54, 1.807) is 42.6 Å².